The van der Waals surface area contributed by atoms with Crippen molar-refractivity contribution in [2.24, 2.45) is 5.10 Å². The molecule has 2 aromatic rings. The van der Waals surface area contributed by atoms with Gasteiger partial charge in [-0.15, -0.1) is 0 Å². The Labute approximate surface area is 121 Å². The largest absolute Gasteiger partial charge is 0.272 e. The van der Waals surface area contributed by atoms with Gasteiger partial charge in [0, 0.05) is 0 Å². The Hall–Kier alpha value is -2.20. The molecule has 0 atom stereocenters. The van der Waals surface area contributed by atoms with Crippen LogP contribution in [0.3, 0.4) is 0 Å². The Kier molecular flexibility index (Phi) is 4.48. The molecule has 2 rings (SSSR count). The van der Waals surface area contributed by atoms with Crippen LogP contribution in [0.1, 0.15) is 22.8 Å². The van der Waals surface area contributed by atoms with Crippen LogP contribution in [0.2, 0.25) is 5.02 Å². The molecule has 0 spiro atoms. The summed E-state index contributed by atoms with van der Waals surface area (Å²) >= 11 is 5.92. The molecule has 0 aromatic heterocycles. The van der Waals surface area contributed by atoms with Crippen LogP contribution in [-0.4, -0.2) is 11.6 Å². The van der Waals surface area contributed by atoms with E-state index >= 15 is 0 Å². The lowest BCUT2D eigenvalue weighted by Gasteiger charge is -2.04. The fraction of sp³-hybridized carbons (Fsp3) is 0.0667. The number of nitrogens with one attached hydrogen (secondary N) is 1. The van der Waals surface area contributed by atoms with E-state index in [0.717, 1.165) is 5.56 Å². The van der Waals surface area contributed by atoms with E-state index in [2.05, 4.69) is 10.5 Å². The fourth-order valence-electron chi connectivity index (χ4n) is 1.60. The second-order valence-corrected chi connectivity index (χ2v) is 4.53. The zero-order valence-corrected chi connectivity index (χ0v) is 11.5. The highest BCUT2D eigenvalue weighted by Crippen LogP contribution is 2.14. The first-order valence-corrected chi connectivity index (χ1v) is 6.31. The Morgan fingerprint density at radius 3 is 2.45 bits per heavy atom. The van der Waals surface area contributed by atoms with Gasteiger partial charge in [0.15, 0.2) is 0 Å². The summed E-state index contributed by atoms with van der Waals surface area (Å²) < 4.78 is 12.8. The van der Waals surface area contributed by atoms with Gasteiger partial charge in [0.25, 0.3) is 5.91 Å². The van der Waals surface area contributed by atoms with Gasteiger partial charge in [-0.25, -0.2) is 9.82 Å². The molecule has 0 heterocycles. The maximum absolute atomic E-state index is 12.8. The van der Waals surface area contributed by atoms with Crippen molar-refractivity contribution in [1.82, 2.24) is 5.43 Å². The Balaban J connectivity index is 2.11. The Morgan fingerprint density at radius 2 is 1.80 bits per heavy atom. The minimum absolute atomic E-state index is 0.318. The molecule has 0 bridgehead atoms. The van der Waals surface area contributed by atoms with Crippen LogP contribution >= 0.6 is 11.6 Å². The van der Waals surface area contributed by atoms with E-state index in [1.165, 1.54) is 12.1 Å². The van der Waals surface area contributed by atoms with Crippen molar-refractivity contribution < 1.29 is 9.18 Å². The molecule has 0 aliphatic heterocycles. The predicted octanol–water partition coefficient (Wildman–Crippen LogP) is 3.63. The highest BCUT2D eigenvalue weighted by atomic mass is 35.5. The van der Waals surface area contributed by atoms with Crippen LogP contribution in [0.15, 0.2) is 53.6 Å². The summed E-state index contributed by atoms with van der Waals surface area (Å²) in [6, 6.07) is 12.6. The van der Waals surface area contributed by atoms with Crippen molar-refractivity contribution >= 4 is 23.2 Å². The average Bonchev–Trinajstić information content (AvgIpc) is 2.45. The molecule has 1 amide bonds. The van der Waals surface area contributed by atoms with E-state index in [9.17, 15) is 9.18 Å². The molecule has 0 aliphatic carbocycles. The number of rotatable bonds is 3. The van der Waals surface area contributed by atoms with E-state index in [1.54, 1.807) is 43.3 Å². The molecule has 0 unspecified atom stereocenters. The van der Waals surface area contributed by atoms with Crippen molar-refractivity contribution in [1.29, 1.82) is 0 Å². The molecule has 3 nitrogen and oxygen atoms in total. The molecule has 0 fully saturated rings. The van der Waals surface area contributed by atoms with E-state index in [1.807, 2.05) is 0 Å². The van der Waals surface area contributed by atoms with E-state index in [0.29, 0.717) is 16.3 Å². The number of hydrogen-bond acceptors (Lipinski definition) is 2. The van der Waals surface area contributed by atoms with Gasteiger partial charge in [-0.1, -0.05) is 35.9 Å². The van der Waals surface area contributed by atoms with Crippen molar-refractivity contribution in [3.8, 4) is 0 Å². The summed E-state index contributed by atoms with van der Waals surface area (Å²) in [5.41, 5.74) is 4.08. The third-order valence-corrected chi connectivity index (χ3v) is 3.04. The maximum Gasteiger partial charge on any atom is 0.272 e. The SMILES string of the molecule is CC(=NNC(=O)c1ccccc1Cl)c1ccc(F)cc1. The highest BCUT2D eigenvalue weighted by Gasteiger charge is 2.08. The van der Waals surface area contributed by atoms with Crippen LogP contribution in [0.25, 0.3) is 0 Å². The molecule has 2 aromatic carbocycles. The van der Waals surface area contributed by atoms with Gasteiger partial charge < -0.3 is 0 Å². The summed E-state index contributed by atoms with van der Waals surface area (Å²) in [7, 11) is 0. The van der Waals surface area contributed by atoms with Gasteiger partial charge in [-0.3, -0.25) is 4.79 Å². The molecule has 0 radical (unpaired) electrons. The van der Waals surface area contributed by atoms with Crippen molar-refractivity contribution in [3.05, 3.63) is 70.5 Å². The van der Waals surface area contributed by atoms with Crippen molar-refractivity contribution in [2.45, 2.75) is 6.92 Å². The molecule has 0 saturated heterocycles. The lowest BCUT2D eigenvalue weighted by molar-refractivity contribution is 0.0955. The first-order chi connectivity index (χ1) is 9.58. The average molecular weight is 291 g/mol. The summed E-state index contributed by atoms with van der Waals surface area (Å²) in [5, 5.41) is 4.34. The Morgan fingerprint density at radius 1 is 1.15 bits per heavy atom. The summed E-state index contributed by atoms with van der Waals surface area (Å²) in [6.07, 6.45) is 0. The Bertz CT molecular complexity index is 653. The quantitative estimate of drug-likeness (QED) is 0.680. The normalized spacial score (nSPS) is 11.2. The van der Waals surface area contributed by atoms with Crippen LogP contribution in [0.4, 0.5) is 4.39 Å². The van der Waals surface area contributed by atoms with Gasteiger partial charge in [0.05, 0.1) is 16.3 Å². The minimum atomic E-state index is -0.392. The van der Waals surface area contributed by atoms with Gasteiger partial charge >= 0.3 is 0 Å². The van der Waals surface area contributed by atoms with E-state index < -0.39 is 5.91 Å². The van der Waals surface area contributed by atoms with E-state index in [-0.39, 0.29) is 5.82 Å². The number of nitrogens with zero attached hydrogens (tertiary/aromatic N) is 1. The number of carbonyl (C=O) groups is 1. The van der Waals surface area contributed by atoms with Gasteiger partial charge in [-0.05, 0) is 36.8 Å². The number of carbonyl (C=O) groups excluding carboxylic acids is 1. The lowest BCUT2D eigenvalue weighted by atomic mass is 10.1. The fourth-order valence-corrected chi connectivity index (χ4v) is 1.82. The molecule has 0 saturated carbocycles. The highest BCUT2D eigenvalue weighted by molar-refractivity contribution is 6.33. The van der Waals surface area contributed by atoms with Crippen LogP contribution < -0.4 is 5.43 Å². The monoisotopic (exact) mass is 290 g/mol. The minimum Gasteiger partial charge on any atom is -0.267 e. The molecule has 0 aliphatic rings. The van der Waals surface area contributed by atoms with Crippen molar-refractivity contribution in [2.75, 3.05) is 0 Å². The van der Waals surface area contributed by atoms with Gasteiger partial charge in [-0.2, -0.15) is 5.10 Å². The number of amides is 1. The van der Waals surface area contributed by atoms with Gasteiger partial charge in [0.1, 0.15) is 5.82 Å². The first kappa shape index (κ1) is 14.2. The molecule has 102 valence electrons. The number of hydrazone groups is 1. The summed E-state index contributed by atoms with van der Waals surface area (Å²) in [5.74, 6) is -0.710. The zero-order valence-electron chi connectivity index (χ0n) is 10.7. The maximum atomic E-state index is 12.8. The summed E-state index contributed by atoms with van der Waals surface area (Å²) in [6.45, 7) is 1.72. The lowest BCUT2D eigenvalue weighted by Crippen LogP contribution is -2.19. The van der Waals surface area contributed by atoms with Crippen LogP contribution in [0.5, 0.6) is 0 Å². The molecular weight excluding hydrogens is 279 g/mol. The number of halogens is 2. The van der Waals surface area contributed by atoms with Crippen molar-refractivity contribution in [3.63, 3.8) is 0 Å². The molecule has 5 heteroatoms. The molecule has 1 N–H and O–H groups in total. The predicted molar refractivity (Wildman–Crippen MR) is 77.5 cm³/mol. The van der Waals surface area contributed by atoms with E-state index in [4.69, 9.17) is 11.6 Å². The second kappa shape index (κ2) is 6.30. The molecular formula is C15H12ClFN2O. The van der Waals surface area contributed by atoms with Crippen LogP contribution in [-0.2, 0) is 0 Å². The third-order valence-electron chi connectivity index (χ3n) is 2.71. The van der Waals surface area contributed by atoms with Gasteiger partial charge in [0.2, 0.25) is 0 Å². The topological polar surface area (TPSA) is 41.5 Å². The number of hydrogen-bond donors (Lipinski definition) is 1. The second-order valence-electron chi connectivity index (χ2n) is 4.12. The molecule has 20 heavy (non-hydrogen) atoms. The number of benzene rings is 2. The zero-order chi connectivity index (χ0) is 14.5. The standard InChI is InChI=1S/C15H12ClFN2O/c1-10(11-6-8-12(17)9-7-11)18-19-15(20)13-4-2-3-5-14(13)16/h2-9H,1H3,(H,19,20). The summed E-state index contributed by atoms with van der Waals surface area (Å²) in [4.78, 5) is 11.9. The smallest absolute Gasteiger partial charge is 0.267 e. The third kappa shape index (κ3) is 3.42. The first-order valence-electron chi connectivity index (χ1n) is 5.93. The van der Waals surface area contributed by atoms with Crippen LogP contribution in [0, 0.1) is 5.82 Å².